The molecule has 0 heteroatoms. The fraction of sp³-hybridized carbons (Fsp3) is 0.429. The average molecular weight is 188 g/mol. The number of aryl methyl sites for hydroxylation is 2. The highest BCUT2D eigenvalue weighted by Gasteiger charge is 2.13. The predicted molar refractivity (Wildman–Crippen MR) is 64.6 cm³/mol. The highest BCUT2D eigenvalue weighted by molar-refractivity contribution is 5.67. The highest BCUT2D eigenvalue weighted by atomic mass is 14.2. The van der Waals surface area contributed by atoms with E-state index in [0.29, 0.717) is 0 Å². The number of rotatable bonds is 0. The first kappa shape index (κ1) is 11.0. The summed E-state index contributed by atoms with van der Waals surface area (Å²) in [6.45, 7) is 10.6. The van der Waals surface area contributed by atoms with Crippen LogP contribution >= 0.6 is 0 Å². The summed E-state index contributed by atoms with van der Waals surface area (Å²) in [5.74, 6) is 0. The van der Waals surface area contributed by atoms with Gasteiger partial charge in [-0.25, -0.2) is 0 Å². The first-order chi connectivity index (χ1) is 6.68. The number of hydrogen-bond acceptors (Lipinski definition) is 0. The van der Waals surface area contributed by atoms with E-state index in [1.807, 2.05) is 13.8 Å². The summed E-state index contributed by atoms with van der Waals surface area (Å²) in [6, 6.07) is 4.43. The molecular weight excluding hydrogens is 168 g/mol. The predicted octanol–water partition coefficient (Wildman–Crippen LogP) is 4.29. The van der Waals surface area contributed by atoms with Crippen LogP contribution in [0.2, 0.25) is 0 Å². The van der Waals surface area contributed by atoms with Crippen molar-refractivity contribution in [2.75, 3.05) is 0 Å². The Morgan fingerprint density at radius 1 is 0.929 bits per heavy atom. The molecule has 0 unspecified atom stereocenters. The summed E-state index contributed by atoms with van der Waals surface area (Å²) in [4.78, 5) is 0. The average Bonchev–Trinajstić information content (AvgIpc) is 2.58. The smallest absolute Gasteiger partial charge is 0.00579 e. The minimum Gasteiger partial charge on any atom is -0.0683 e. The molecular formula is C14H20. The van der Waals surface area contributed by atoms with Gasteiger partial charge in [-0.2, -0.15) is 0 Å². The molecule has 0 fully saturated rings. The lowest BCUT2D eigenvalue weighted by molar-refractivity contribution is 1.15. The van der Waals surface area contributed by atoms with Crippen LogP contribution in [0, 0.1) is 13.8 Å². The molecule has 1 aliphatic carbocycles. The van der Waals surface area contributed by atoms with Gasteiger partial charge in [0.25, 0.3) is 0 Å². The van der Waals surface area contributed by atoms with Crippen LogP contribution in [0.5, 0.6) is 0 Å². The van der Waals surface area contributed by atoms with E-state index >= 15 is 0 Å². The van der Waals surface area contributed by atoms with E-state index in [1.165, 1.54) is 27.8 Å². The summed E-state index contributed by atoms with van der Waals surface area (Å²) in [6.07, 6.45) is 3.47. The van der Waals surface area contributed by atoms with Crippen LogP contribution in [0.15, 0.2) is 17.7 Å². The van der Waals surface area contributed by atoms with Gasteiger partial charge in [0.05, 0.1) is 0 Å². The van der Waals surface area contributed by atoms with Crippen molar-refractivity contribution in [1.29, 1.82) is 0 Å². The van der Waals surface area contributed by atoms with Crippen LogP contribution in [0.3, 0.4) is 0 Å². The highest BCUT2D eigenvalue weighted by Crippen LogP contribution is 2.29. The monoisotopic (exact) mass is 188 g/mol. The third-order valence-corrected chi connectivity index (χ3v) is 2.66. The van der Waals surface area contributed by atoms with Gasteiger partial charge in [0.1, 0.15) is 0 Å². The Morgan fingerprint density at radius 2 is 1.50 bits per heavy atom. The number of benzene rings is 1. The Labute approximate surface area is 87.7 Å². The standard InChI is InChI=1S/C12H14.C2H6/c1-8-6-11-9(2)4-5-10(3)12(11)7-8;1-2/h4-6H,7H2,1-3H3;1-2H3. The van der Waals surface area contributed by atoms with Crippen LogP contribution in [0.1, 0.15) is 43.0 Å². The Morgan fingerprint density at radius 3 is 2.07 bits per heavy atom. The third kappa shape index (κ3) is 1.89. The fourth-order valence-electron chi connectivity index (χ4n) is 1.90. The van der Waals surface area contributed by atoms with Crippen LogP contribution < -0.4 is 0 Å². The van der Waals surface area contributed by atoms with Crippen molar-refractivity contribution in [2.24, 2.45) is 0 Å². The van der Waals surface area contributed by atoms with Gasteiger partial charge < -0.3 is 0 Å². The molecule has 76 valence electrons. The minimum atomic E-state index is 1.16. The van der Waals surface area contributed by atoms with Crippen molar-refractivity contribution < 1.29 is 0 Å². The number of hydrogen-bond donors (Lipinski definition) is 0. The quantitative estimate of drug-likeness (QED) is 0.569. The van der Waals surface area contributed by atoms with Gasteiger partial charge in [-0.05, 0) is 49.4 Å². The molecule has 0 nitrogen and oxygen atoms in total. The first-order valence-corrected chi connectivity index (χ1v) is 5.45. The first-order valence-electron chi connectivity index (χ1n) is 5.45. The maximum atomic E-state index is 2.32. The van der Waals surface area contributed by atoms with Crippen LogP contribution in [-0.4, -0.2) is 0 Å². The largest absolute Gasteiger partial charge is 0.0683 e. The van der Waals surface area contributed by atoms with Gasteiger partial charge in [-0.1, -0.05) is 37.6 Å². The molecule has 0 amide bonds. The van der Waals surface area contributed by atoms with Crippen LogP contribution in [-0.2, 0) is 6.42 Å². The Bertz CT molecular complexity index is 357. The zero-order valence-corrected chi connectivity index (χ0v) is 9.94. The van der Waals surface area contributed by atoms with Crippen molar-refractivity contribution in [2.45, 2.75) is 41.0 Å². The Hall–Kier alpha value is -1.04. The van der Waals surface area contributed by atoms with Gasteiger partial charge in [-0.15, -0.1) is 0 Å². The molecule has 0 atom stereocenters. The van der Waals surface area contributed by atoms with Gasteiger partial charge >= 0.3 is 0 Å². The van der Waals surface area contributed by atoms with E-state index in [9.17, 15) is 0 Å². The lowest BCUT2D eigenvalue weighted by Gasteiger charge is -2.05. The maximum absolute atomic E-state index is 2.32. The molecule has 0 bridgehead atoms. The van der Waals surface area contributed by atoms with E-state index < -0.39 is 0 Å². The molecule has 1 aromatic rings. The second-order valence-electron chi connectivity index (χ2n) is 3.76. The summed E-state index contributed by atoms with van der Waals surface area (Å²) in [5, 5.41) is 0. The zero-order chi connectivity index (χ0) is 10.7. The molecule has 0 saturated heterocycles. The molecule has 0 aromatic heterocycles. The molecule has 0 saturated carbocycles. The Balaban J connectivity index is 0.000000461. The Kier molecular flexibility index (Phi) is 3.51. The minimum absolute atomic E-state index is 1.16. The van der Waals surface area contributed by atoms with Gasteiger partial charge in [-0.3, -0.25) is 0 Å². The maximum Gasteiger partial charge on any atom is -0.00579 e. The molecule has 0 aliphatic heterocycles. The van der Waals surface area contributed by atoms with E-state index in [4.69, 9.17) is 0 Å². The van der Waals surface area contributed by atoms with Crippen molar-refractivity contribution in [3.05, 3.63) is 40.0 Å². The van der Waals surface area contributed by atoms with E-state index in [1.54, 1.807) is 0 Å². The SMILES string of the molecule is CC.CC1=Cc2c(C)ccc(C)c2C1. The molecule has 0 heterocycles. The van der Waals surface area contributed by atoms with Crippen molar-refractivity contribution in [3.63, 3.8) is 0 Å². The summed E-state index contributed by atoms with van der Waals surface area (Å²) in [7, 11) is 0. The van der Waals surface area contributed by atoms with Crippen molar-refractivity contribution in [3.8, 4) is 0 Å². The van der Waals surface area contributed by atoms with Gasteiger partial charge in [0.2, 0.25) is 0 Å². The summed E-state index contributed by atoms with van der Waals surface area (Å²) >= 11 is 0. The second-order valence-corrected chi connectivity index (χ2v) is 3.76. The molecule has 0 N–H and O–H groups in total. The summed E-state index contributed by atoms with van der Waals surface area (Å²) < 4.78 is 0. The number of fused-ring (bicyclic) bond motifs is 1. The molecule has 0 spiro atoms. The number of allylic oxidation sites excluding steroid dienone is 1. The second kappa shape index (κ2) is 4.45. The normalized spacial score (nSPS) is 12.8. The molecule has 1 aromatic carbocycles. The van der Waals surface area contributed by atoms with E-state index in [0.717, 1.165) is 6.42 Å². The zero-order valence-electron chi connectivity index (χ0n) is 9.94. The topological polar surface area (TPSA) is 0 Å². The molecule has 14 heavy (non-hydrogen) atoms. The van der Waals surface area contributed by atoms with Crippen LogP contribution in [0.4, 0.5) is 0 Å². The fourth-order valence-corrected chi connectivity index (χ4v) is 1.90. The van der Waals surface area contributed by atoms with Crippen LogP contribution in [0.25, 0.3) is 6.08 Å². The van der Waals surface area contributed by atoms with E-state index in [-0.39, 0.29) is 0 Å². The lowest BCUT2D eigenvalue weighted by Crippen LogP contribution is -1.90. The van der Waals surface area contributed by atoms with Crippen molar-refractivity contribution >= 4 is 6.08 Å². The van der Waals surface area contributed by atoms with Crippen molar-refractivity contribution in [1.82, 2.24) is 0 Å². The molecule has 0 radical (unpaired) electrons. The third-order valence-electron chi connectivity index (χ3n) is 2.66. The molecule has 2 rings (SSSR count). The summed E-state index contributed by atoms with van der Waals surface area (Å²) in [5.41, 5.74) is 7.33. The van der Waals surface area contributed by atoms with Gasteiger partial charge in [0.15, 0.2) is 0 Å². The molecule has 1 aliphatic rings. The van der Waals surface area contributed by atoms with Gasteiger partial charge in [0, 0.05) is 0 Å². The lowest BCUT2D eigenvalue weighted by atomic mass is 9.99. The van der Waals surface area contributed by atoms with E-state index in [2.05, 4.69) is 39.0 Å².